The largest absolute Gasteiger partial charge is 0.478 e. The number of nitrogens with one attached hydrogen (secondary N) is 2. The number of aliphatic hydroxyl groups is 1. The number of aliphatic hydroxyl groups excluding tert-OH is 1. The summed E-state index contributed by atoms with van der Waals surface area (Å²) in [5, 5.41) is 24.0. The molecule has 4 unspecified atom stereocenters. The zero-order valence-corrected chi connectivity index (χ0v) is 32.1. The summed E-state index contributed by atoms with van der Waals surface area (Å²) in [6.07, 6.45) is 10.6. The van der Waals surface area contributed by atoms with Crippen molar-refractivity contribution in [1.82, 2.24) is 15.3 Å². The zero-order valence-electron chi connectivity index (χ0n) is 32.1. The van der Waals surface area contributed by atoms with Gasteiger partial charge in [-0.2, -0.15) is 0 Å². The van der Waals surface area contributed by atoms with Crippen LogP contribution in [0.4, 0.5) is 0 Å². The van der Waals surface area contributed by atoms with Gasteiger partial charge in [-0.3, -0.25) is 4.79 Å². The number of carbonyl (C=O) groups is 2. The van der Waals surface area contributed by atoms with E-state index in [0.29, 0.717) is 53.0 Å². The molecule has 52 heavy (non-hydrogen) atoms. The summed E-state index contributed by atoms with van der Waals surface area (Å²) in [5.41, 5.74) is 4.93. The third kappa shape index (κ3) is 4.96. The quantitative estimate of drug-likeness (QED) is 0.191. The monoisotopic (exact) mass is 705 g/mol. The van der Waals surface area contributed by atoms with Crippen LogP contribution in [0.3, 0.4) is 0 Å². The first-order valence-electron chi connectivity index (χ1n) is 20.0. The van der Waals surface area contributed by atoms with Crippen LogP contribution in [0.5, 0.6) is 0 Å². The molecule has 2 aromatic carbocycles. The number of carbonyl (C=O) groups excluding carboxylic acids is 1. The van der Waals surface area contributed by atoms with Crippen molar-refractivity contribution in [3.63, 3.8) is 0 Å². The van der Waals surface area contributed by atoms with Crippen LogP contribution in [0.1, 0.15) is 122 Å². The van der Waals surface area contributed by atoms with E-state index in [1.807, 2.05) is 12.1 Å². The summed E-state index contributed by atoms with van der Waals surface area (Å²) in [4.78, 5) is 34.3. The van der Waals surface area contributed by atoms with E-state index in [1.54, 1.807) is 18.2 Å². The average molecular weight is 706 g/mol. The highest BCUT2D eigenvalue weighted by molar-refractivity contribution is 5.93. The molecule has 1 heterocycles. The Hall–Kier alpha value is -3.45. The molecule has 1 amide bonds. The fourth-order valence-corrected chi connectivity index (χ4v) is 14.0. The topological polar surface area (TPSA) is 115 Å². The van der Waals surface area contributed by atoms with Crippen molar-refractivity contribution in [2.24, 2.45) is 56.7 Å². The number of allylic oxidation sites excluding steroid dienone is 1. The molecule has 3 aromatic rings. The number of hydrogen-bond donors (Lipinski definition) is 4. The van der Waals surface area contributed by atoms with E-state index in [4.69, 9.17) is 4.98 Å². The number of carboxylic acids is 1. The first-order chi connectivity index (χ1) is 24.5. The smallest absolute Gasteiger partial charge is 0.335 e. The molecule has 4 N–H and O–H groups in total. The van der Waals surface area contributed by atoms with Gasteiger partial charge in [0.25, 0.3) is 0 Å². The van der Waals surface area contributed by atoms with Gasteiger partial charge in [-0.1, -0.05) is 65.0 Å². The Balaban J connectivity index is 1.05. The Kier molecular flexibility index (Phi) is 8.23. The molecule has 0 saturated heterocycles. The second-order valence-corrected chi connectivity index (χ2v) is 19.2. The van der Waals surface area contributed by atoms with Gasteiger partial charge in [0.2, 0.25) is 5.91 Å². The summed E-state index contributed by atoms with van der Waals surface area (Å²) < 4.78 is 0. The molecule has 5 aliphatic carbocycles. The molecule has 8 rings (SSSR count). The maximum Gasteiger partial charge on any atom is 0.335 e. The van der Waals surface area contributed by atoms with E-state index in [9.17, 15) is 19.8 Å². The second-order valence-electron chi connectivity index (χ2n) is 19.2. The van der Waals surface area contributed by atoms with Gasteiger partial charge < -0.3 is 20.5 Å². The number of aromatic amines is 1. The van der Waals surface area contributed by atoms with Crippen molar-refractivity contribution in [1.29, 1.82) is 0 Å². The zero-order chi connectivity index (χ0) is 37.0. The van der Waals surface area contributed by atoms with Crippen LogP contribution in [0.15, 0.2) is 54.6 Å². The predicted octanol–water partition coefficient (Wildman–Crippen LogP) is 9.56. The average Bonchev–Trinajstić information content (AvgIpc) is 3.72. The van der Waals surface area contributed by atoms with E-state index >= 15 is 0 Å². The van der Waals surface area contributed by atoms with Crippen LogP contribution in [0.2, 0.25) is 0 Å². The highest BCUT2D eigenvalue weighted by Gasteiger charge is 2.71. The molecule has 5 saturated carbocycles. The Labute approximate surface area is 309 Å². The molecule has 0 radical (unpaired) electrons. The molecule has 5 fully saturated rings. The van der Waals surface area contributed by atoms with Crippen LogP contribution in [-0.4, -0.2) is 38.2 Å². The van der Waals surface area contributed by atoms with Gasteiger partial charge in [0.05, 0.1) is 28.1 Å². The minimum absolute atomic E-state index is 0.0556. The van der Waals surface area contributed by atoms with Gasteiger partial charge in [-0.05, 0) is 152 Å². The number of aromatic carboxylic acids is 1. The minimum atomic E-state index is -0.967. The molecule has 0 aliphatic heterocycles. The van der Waals surface area contributed by atoms with Crippen molar-refractivity contribution < 1.29 is 19.8 Å². The van der Waals surface area contributed by atoms with E-state index in [-0.39, 0.29) is 44.6 Å². The number of amides is 1. The molecule has 5 aliphatic rings. The maximum atomic E-state index is 14.8. The number of nitrogens with zero attached hydrogens (tertiary/aromatic N) is 1. The summed E-state index contributed by atoms with van der Waals surface area (Å²) in [6.45, 7) is 19.7. The number of carboxylic acid groups (broad SMARTS) is 1. The third-order valence-corrected chi connectivity index (χ3v) is 16.9. The Morgan fingerprint density at radius 3 is 2.44 bits per heavy atom. The van der Waals surface area contributed by atoms with E-state index in [2.05, 4.69) is 70.6 Å². The Morgan fingerprint density at radius 2 is 1.69 bits per heavy atom. The fourth-order valence-electron chi connectivity index (χ4n) is 14.0. The number of H-pyrrole nitrogens is 1. The molecule has 7 nitrogen and oxygen atoms in total. The molecule has 0 bridgehead atoms. The molecule has 1 aromatic heterocycles. The van der Waals surface area contributed by atoms with E-state index in [1.165, 1.54) is 31.3 Å². The molecular weight excluding hydrogens is 647 g/mol. The van der Waals surface area contributed by atoms with Gasteiger partial charge in [0.1, 0.15) is 5.82 Å². The maximum absolute atomic E-state index is 14.8. The number of benzene rings is 2. The Morgan fingerprint density at radius 1 is 0.904 bits per heavy atom. The SMILES string of the molecule is C=C(C)[C@@H]1CC[C@]2(C(=O)NCc3cccc(-c4nc5ccc(C(=O)O)cc5[nH]4)c3)CC[C@]3(C)C(CCC4[C@@]5(C)CC[C@H](O)C(C)(C)C5CC[C@]43C)C12. The molecule has 278 valence electrons. The molecule has 0 spiro atoms. The summed E-state index contributed by atoms with van der Waals surface area (Å²) in [7, 11) is 0. The van der Waals surface area contributed by atoms with Gasteiger partial charge >= 0.3 is 5.97 Å². The van der Waals surface area contributed by atoms with Gasteiger partial charge in [0.15, 0.2) is 0 Å². The first-order valence-corrected chi connectivity index (χ1v) is 20.0. The lowest BCUT2D eigenvalue weighted by Gasteiger charge is -2.72. The van der Waals surface area contributed by atoms with Gasteiger partial charge in [-0.15, -0.1) is 0 Å². The van der Waals surface area contributed by atoms with Crippen molar-refractivity contribution in [3.05, 3.63) is 65.7 Å². The van der Waals surface area contributed by atoms with Crippen LogP contribution in [0.25, 0.3) is 22.4 Å². The van der Waals surface area contributed by atoms with Crippen LogP contribution >= 0.6 is 0 Å². The predicted molar refractivity (Wildman–Crippen MR) is 205 cm³/mol. The van der Waals surface area contributed by atoms with Crippen LogP contribution in [-0.2, 0) is 11.3 Å². The number of hydrogen-bond acceptors (Lipinski definition) is 4. The second kappa shape index (κ2) is 12.0. The van der Waals surface area contributed by atoms with Gasteiger partial charge in [0, 0.05) is 12.1 Å². The van der Waals surface area contributed by atoms with Crippen LogP contribution in [0, 0.1) is 56.7 Å². The summed E-state index contributed by atoms with van der Waals surface area (Å²) >= 11 is 0. The summed E-state index contributed by atoms with van der Waals surface area (Å²) in [5.74, 6) is 2.25. The first kappa shape index (κ1) is 35.6. The molecule has 10 atom stereocenters. The lowest BCUT2D eigenvalue weighted by molar-refractivity contribution is -0.246. The number of rotatable bonds is 6. The van der Waals surface area contributed by atoms with Crippen molar-refractivity contribution in [3.8, 4) is 11.4 Å². The van der Waals surface area contributed by atoms with E-state index < -0.39 is 5.97 Å². The fraction of sp³-hybridized carbons (Fsp3) is 0.622. The summed E-state index contributed by atoms with van der Waals surface area (Å²) in [6, 6.07) is 13.0. The molecular formula is C45H59N3O4. The van der Waals surface area contributed by atoms with Crippen molar-refractivity contribution in [2.75, 3.05) is 0 Å². The van der Waals surface area contributed by atoms with Crippen molar-refractivity contribution in [2.45, 2.75) is 118 Å². The van der Waals surface area contributed by atoms with Crippen LogP contribution < -0.4 is 5.32 Å². The standard InChI is InChI=1S/C45H59N3O4/c1-26(2)30-15-20-45(40(52)46-25-27-9-8-10-28(23-27)38-47-32-13-11-29(39(50)51)24-33(32)48-38)22-21-43(6)31(37(30)45)12-14-35-42(5)18-17-36(49)41(3,4)34(42)16-19-44(35,43)7/h8-11,13,23-24,30-31,34-37,49H,1,12,14-22,25H2,2-7H3,(H,46,52)(H,47,48)(H,50,51)/t30-,31?,34?,35?,36-,37?,42-,43+,44+,45-/m0/s1. The van der Waals surface area contributed by atoms with Gasteiger partial charge in [-0.25, -0.2) is 9.78 Å². The highest BCUT2D eigenvalue weighted by Crippen LogP contribution is 2.77. The lowest BCUT2D eigenvalue weighted by atomic mass is 9.32. The normalized spacial score (nSPS) is 39.1. The Bertz CT molecular complexity index is 1950. The van der Waals surface area contributed by atoms with Crippen molar-refractivity contribution >= 4 is 22.9 Å². The number of imidazole rings is 1. The number of aromatic nitrogens is 2. The third-order valence-electron chi connectivity index (χ3n) is 16.9. The number of fused-ring (bicyclic) bond motifs is 8. The lowest BCUT2D eigenvalue weighted by Crippen LogP contribution is -2.67. The minimum Gasteiger partial charge on any atom is -0.478 e. The highest BCUT2D eigenvalue weighted by atomic mass is 16.4. The molecule has 7 heteroatoms. The van der Waals surface area contributed by atoms with E-state index in [0.717, 1.165) is 49.7 Å².